The predicted molar refractivity (Wildman–Crippen MR) is 104 cm³/mol. The molecule has 142 valence electrons. The molecule has 0 aromatic carbocycles. The lowest BCUT2D eigenvalue weighted by molar-refractivity contribution is -0.445. The smallest absolute Gasteiger partial charge is 0.0508 e. The number of hydrogen-bond acceptors (Lipinski definition) is 1. The Balaban J connectivity index is 0. The molecule has 0 spiro atoms. The van der Waals surface area contributed by atoms with E-state index in [1.165, 1.54) is 83.5 Å². The Morgan fingerprint density at radius 1 is 0.609 bits per heavy atom. The van der Waals surface area contributed by atoms with Gasteiger partial charge in [-0.1, -0.05) is 129 Å². The number of hydrogen-bond donors (Lipinski definition) is 1. The molecule has 0 aliphatic heterocycles. The fraction of sp³-hybridized carbons (Fsp3) is 1.00. The predicted octanol–water partition coefficient (Wildman–Crippen LogP) is 7.01. The van der Waals surface area contributed by atoms with Crippen LogP contribution < -0.4 is 11.3 Å². The highest BCUT2D eigenvalue weighted by atomic mass is 16.3. The second-order valence-electron chi connectivity index (χ2n) is 8.24. The maximum absolute atomic E-state index is 11.9. The van der Waals surface area contributed by atoms with Crippen molar-refractivity contribution in [3.05, 3.63) is 0 Å². The molecular formula is C21H47NO. The molecule has 0 heterocycles. The van der Waals surface area contributed by atoms with Crippen molar-refractivity contribution in [2.75, 3.05) is 0 Å². The molecule has 1 atom stereocenters. The van der Waals surface area contributed by atoms with Crippen molar-refractivity contribution in [3.63, 3.8) is 0 Å². The van der Waals surface area contributed by atoms with E-state index in [0.29, 0.717) is 0 Å². The third kappa shape index (κ3) is 18.1. The minimum absolute atomic E-state index is 0. The second kappa shape index (κ2) is 16.8. The van der Waals surface area contributed by atoms with E-state index in [1.54, 1.807) is 0 Å². The summed E-state index contributed by atoms with van der Waals surface area (Å²) in [6, 6.07) is 0. The normalized spacial score (nSPS) is 12.9. The van der Waals surface area contributed by atoms with Crippen LogP contribution in [0.3, 0.4) is 0 Å². The summed E-state index contributed by atoms with van der Waals surface area (Å²) in [6.45, 7) is 8.47. The van der Waals surface area contributed by atoms with Crippen molar-refractivity contribution >= 4 is 0 Å². The van der Waals surface area contributed by atoms with Crippen molar-refractivity contribution in [3.8, 4) is 0 Å². The van der Waals surface area contributed by atoms with Gasteiger partial charge in [0.15, 0.2) is 0 Å². The van der Waals surface area contributed by atoms with Crippen molar-refractivity contribution in [1.82, 2.24) is 6.15 Å². The zero-order valence-corrected chi connectivity index (χ0v) is 17.1. The van der Waals surface area contributed by atoms with Crippen molar-refractivity contribution in [1.29, 1.82) is 0 Å². The van der Waals surface area contributed by atoms with Gasteiger partial charge < -0.3 is 11.3 Å². The maximum Gasteiger partial charge on any atom is -0.0508 e. The standard InChI is InChI=1S/C21H43O.H3N/c1-5-6-7-8-9-10-11-12-13-14-15-16-17-18-19-20(22)21(2,3)4;/h20H,5-19H2,1-4H3;1H3/q-1;/p+1. The lowest BCUT2D eigenvalue weighted by atomic mass is 9.86. The molecule has 0 bridgehead atoms. The fourth-order valence-electron chi connectivity index (χ4n) is 2.96. The van der Waals surface area contributed by atoms with Crippen LogP contribution in [0.2, 0.25) is 0 Å². The number of rotatable bonds is 15. The van der Waals surface area contributed by atoms with Gasteiger partial charge in [0.2, 0.25) is 0 Å². The van der Waals surface area contributed by atoms with Crippen LogP contribution in [-0.2, 0) is 0 Å². The minimum Gasteiger partial charge on any atom is -0.852 e. The second-order valence-corrected chi connectivity index (χ2v) is 8.24. The van der Waals surface area contributed by atoms with E-state index < -0.39 is 0 Å². The Morgan fingerprint density at radius 3 is 1.22 bits per heavy atom. The van der Waals surface area contributed by atoms with Gasteiger partial charge in [-0.05, 0) is 0 Å². The summed E-state index contributed by atoms with van der Waals surface area (Å²) in [5.41, 5.74) is -0.0590. The molecule has 0 amide bonds. The summed E-state index contributed by atoms with van der Waals surface area (Å²) in [6.07, 6.45) is 19.8. The molecule has 0 saturated carbocycles. The quantitative estimate of drug-likeness (QED) is 0.323. The molecule has 0 aromatic heterocycles. The monoisotopic (exact) mass is 329 g/mol. The molecule has 0 rings (SSSR count). The van der Waals surface area contributed by atoms with Gasteiger partial charge in [0.25, 0.3) is 0 Å². The first-order valence-electron chi connectivity index (χ1n) is 10.1. The Bertz CT molecular complexity index is 222. The highest BCUT2D eigenvalue weighted by Gasteiger charge is 2.13. The largest absolute Gasteiger partial charge is 0.852 e. The van der Waals surface area contributed by atoms with Crippen LogP contribution in [0.4, 0.5) is 0 Å². The first-order chi connectivity index (χ1) is 10.5. The molecule has 0 aliphatic rings. The van der Waals surface area contributed by atoms with Crippen LogP contribution in [0, 0.1) is 5.41 Å². The molecule has 0 fully saturated rings. The number of unbranched alkanes of at least 4 members (excludes halogenated alkanes) is 13. The molecule has 0 aromatic rings. The van der Waals surface area contributed by atoms with Gasteiger partial charge >= 0.3 is 0 Å². The molecule has 4 N–H and O–H groups in total. The van der Waals surface area contributed by atoms with E-state index in [9.17, 15) is 5.11 Å². The van der Waals surface area contributed by atoms with E-state index in [4.69, 9.17) is 0 Å². The highest BCUT2D eigenvalue weighted by molar-refractivity contribution is 4.70. The molecule has 1 unspecified atom stereocenters. The maximum atomic E-state index is 11.9. The Labute approximate surface area is 147 Å². The van der Waals surface area contributed by atoms with E-state index in [2.05, 4.69) is 27.7 Å². The Morgan fingerprint density at radius 2 is 0.913 bits per heavy atom. The van der Waals surface area contributed by atoms with E-state index >= 15 is 0 Å². The minimum atomic E-state index is -0.384. The Kier molecular flexibility index (Phi) is 18.3. The molecule has 23 heavy (non-hydrogen) atoms. The third-order valence-corrected chi connectivity index (χ3v) is 4.79. The van der Waals surface area contributed by atoms with Crippen LogP contribution in [0.1, 0.15) is 124 Å². The molecule has 0 aliphatic carbocycles. The van der Waals surface area contributed by atoms with E-state index in [0.717, 1.165) is 12.8 Å². The van der Waals surface area contributed by atoms with Gasteiger partial charge in [-0.15, -0.1) is 6.10 Å². The van der Waals surface area contributed by atoms with Crippen LogP contribution in [-0.4, -0.2) is 6.10 Å². The van der Waals surface area contributed by atoms with Gasteiger partial charge in [0.1, 0.15) is 0 Å². The molecule has 0 radical (unpaired) electrons. The van der Waals surface area contributed by atoms with Crippen LogP contribution in [0.25, 0.3) is 0 Å². The summed E-state index contributed by atoms with van der Waals surface area (Å²) >= 11 is 0. The van der Waals surface area contributed by atoms with Gasteiger partial charge in [0, 0.05) is 0 Å². The van der Waals surface area contributed by atoms with Crippen molar-refractivity contribution < 1.29 is 5.11 Å². The summed E-state index contributed by atoms with van der Waals surface area (Å²) in [5, 5.41) is 11.9. The van der Waals surface area contributed by atoms with Crippen molar-refractivity contribution in [2.24, 2.45) is 5.41 Å². The van der Waals surface area contributed by atoms with Crippen LogP contribution in [0.15, 0.2) is 0 Å². The van der Waals surface area contributed by atoms with E-state index in [-0.39, 0.29) is 17.7 Å². The summed E-state index contributed by atoms with van der Waals surface area (Å²) in [7, 11) is 0. The van der Waals surface area contributed by atoms with Gasteiger partial charge in [-0.25, -0.2) is 0 Å². The topological polar surface area (TPSA) is 59.6 Å². The van der Waals surface area contributed by atoms with Crippen LogP contribution >= 0.6 is 0 Å². The third-order valence-electron chi connectivity index (χ3n) is 4.79. The summed E-state index contributed by atoms with van der Waals surface area (Å²) in [5.74, 6) is 0. The molecule has 2 heteroatoms. The lowest BCUT2D eigenvalue weighted by Gasteiger charge is -2.36. The molecular weight excluding hydrogens is 282 g/mol. The zero-order chi connectivity index (χ0) is 16.7. The average Bonchev–Trinajstić information content (AvgIpc) is 2.46. The highest BCUT2D eigenvalue weighted by Crippen LogP contribution is 2.21. The van der Waals surface area contributed by atoms with Gasteiger partial charge in [0.05, 0.1) is 0 Å². The SMILES string of the molecule is CCCCCCCCCCCCCCCCC([O-])C(C)(C)C.[NH4+]. The fourth-order valence-corrected chi connectivity index (χ4v) is 2.96. The first kappa shape index (κ1) is 25.2. The van der Waals surface area contributed by atoms with Gasteiger partial charge in [-0.3, -0.25) is 0 Å². The summed E-state index contributed by atoms with van der Waals surface area (Å²) in [4.78, 5) is 0. The zero-order valence-electron chi connectivity index (χ0n) is 17.1. The average molecular weight is 330 g/mol. The van der Waals surface area contributed by atoms with Crippen LogP contribution in [0.5, 0.6) is 0 Å². The van der Waals surface area contributed by atoms with Crippen molar-refractivity contribution in [2.45, 2.75) is 130 Å². The van der Waals surface area contributed by atoms with E-state index in [1.807, 2.05) is 0 Å². The Hall–Kier alpha value is -0.0800. The van der Waals surface area contributed by atoms with Gasteiger partial charge in [-0.2, -0.15) is 0 Å². The first-order valence-corrected chi connectivity index (χ1v) is 10.1. The molecule has 0 saturated heterocycles. The summed E-state index contributed by atoms with van der Waals surface area (Å²) < 4.78 is 0. The number of quaternary nitrogens is 1. The lowest BCUT2D eigenvalue weighted by Crippen LogP contribution is -2.38. The molecule has 2 nitrogen and oxygen atoms in total.